The van der Waals surface area contributed by atoms with E-state index in [1.165, 1.54) is 36.1 Å². The maximum Gasteiger partial charge on any atom is 0.218 e. The molecule has 0 saturated heterocycles. The number of aliphatic hydroxyl groups excluding tert-OH is 1. The number of aryl methyl sites for hydroxylation is 2. The molecule has 2 aromatic carbocycles. The molecule has 0 aliphatic heterocycles. The van der Waals surface area contributed by atoms with Crippen LogP contribution in [0.4, 0.5) is 8.78 Å². The molecule has 34 heavy (non-hydrogen) atoms. The molecular formula is C26H25F2N3O3. The van der Waals surface area contributed by atoms with E-state index < -0.39 is 11.6 Å². The molecule has 8 heteroatoms. The quantitative estimate of drug-likeness (QED) is 0.335. The normalized spacial score (nSPS) is 11.4. The van der Waals surface area contributed by atoms with Gasteiger partial charge in [0.25, 0.3) is 0 Å². The number of hydrogen-bond acceptors (Lipinski definition) is 5. The minimum atomic E-state index is -0.650. The lowest BCUT2D eigenvalue weighted by molar-refractivity contribution is 0.294. The number of nitrogens with zero attached hydrogens (tertiary/aromatic N) is 3. The van der Waals surface area contributed by atoms with Crippen molar-refractivity contribution in [2.45, 2.75) is 32.4 Å². The van der Waals surface area contributed by atoms with Crippen molar-refractivity contribution in [2.24, 2.45) is 0 Å². The number of benzene rings is 2. The minimum absolute atomic E-state index is 0.0980. The van der Waals surface area contributed by atoms with Crippen LogP contribution in [0.15, 0.2) is 65.5 Å². The number of aromatic nitrogens is 3. The van der Waals surface area contributed by atoms with Crippen LogP contribution in [0.25, 0.3) is 12.2 Å². The van der Waals surface area contributed by atoms with Gasteiger partial charge in [-0.15, -0.1) is 0 Å². The fourth-order valence-electron chi connectivity index (χ4n) is 3.50. The van der Waals surface area contributed by atoms with Crippen LogP contribution in [-0.2, 0) is 26.0 Å². The number of rotatable bonds is 11. The summed E-state index contributed by atoms with van der Waals surface area (Å²) in [4.78, 5) is 8.56. The SMILES string of the molecule is OCCc1nccn1CCCc1ccc(OCc2coc(C=Cc3ccc(F)cc3F)n2)cc1. The second kappa shape index (κ2) is 11.4. The Bertz CT molecular complexity index is 1230. The first-order valence-electron chi connectivity index (χ1n) is 11.0. The summed E-state index contributed by atoms with van der Waals surface area (Å²) < 4.78 is 39.9. The van der Waals surface area contributed by atoms with E-state index in [1.807, 2.05) is 30.5 Å². The molecule has 0 radical (unpaired) electrons. The van der Waals surface area contributed by atoms with Crippen LogP contribution in [0.2, 0.25) is 0 Å². The summed E-state index contributed by atoms with van der Waals surface area (Å²) in [7, 11) is 0. The summed E-state index contributed by atoms with van der Waals surface area (Å²) in [5.74, 6) is 0.652. The molecule has 0 aliphatic carbocycles. The average Bonchev–Trinajstić information content (AvgIpc) is 3.48. The molecular weight excluding hydrogens is 440 g/mol. The Hall–Kier alpha value is -3.78. The molecule has 0 aliphatic rings. The van der Waals surface area contributed by atoms with E-state index in [0.717, 1.165) is 37.0 Å². The molecule has 0 fully saturated rings. The second-order valence-corrected chi connectivity index (χ2v) is 7.72. The van der Waals surface area contributed by atoms with Crippen molar-refractivity contribution in [3.05, 3.63) is 101 Å². The van der Waals surface area contributed by atoms with Crippen LogP contribution in [-0.4, -0.2) is 26.2 Å². The third-order valence-corrected chi connectivity index (χ3v) is 5.25. The summed E-state index contributed by atoms with van der Waals surface area (Å²) >= 11 is 0. The first-order chi connectivity index (χ1) is 16.6. The molecule has 2 aromatic heterocycles. The Morgan fingerprint density at radius 3 is 2.71 bits per heavy atom. The van der Waals surface area contributed by atoms with Crippen molar-refractivity contribution in [1.82, 2.24) is 14.5 Å². The lowest BCUT2D eigenvalue weighted by atomic mass is 10.1. The Balaban J connectivity index is 1.24. The second-order valence-electron chi connectivity index (χ2n) is 7.72. The third kappa shape index (κ3) is 6.39. The third-order valence-electron chi connectivity index (χ3n) is 5.25. The van der Waals surface area contributed by atoms with E-state index in [0.29, 0.717) is 18.0 Å². The fourth-order valence-corrected chi connectivity index (χ4v) is 3.50. The number of imidazole rings is 1. The molecule has 0 atom stereocenters. The molecule has 6 nitrogen and oxygen atoms in total. The van der Waals surface area contributed by atoms with Gasteiger partial charge < -0.3 is 18.8 Å². The number of hydrogen-bond donors (Lipinski definition) is 1. The number of halogens is 2. The Morgan fingerprint density at radius 1 is 1.06 bits per heavy atom. The zero-order valence-corrected chi connectivity index (χ0v) is 18.5. The highest BCUT2D eigenvalue weighted by molar-refractivity contribution is 5.66. The Kier molecular flexibility index (Phi) is 7.83. The van der Waals surface area contributed by atoms with Crippen molar-refractivity contribution < 1.29 is 23.0 Å². The van der Waals surface area contributed by atoms with Crippen molar-refractivity contribution >= 4 is 12.2 Å². The standard InChI is InChI=1S/C26H25F2N3O3/c27-21-7-5-20(24(28)16-21)6-10-26-30-22(18-34-26)17-33-23-8-3-19(4-9-23)2-1-13-31-14-12-29-25(31)11-15-32/h3-10,12,14,16,18,32H,1-2,11,13,15,17H2. The van der Waals surface area contributed by atoms with Gasteiger partial charge in [-0.2, -0.15) is 0 Å². The summed E-state index contributed by atoms with van der Waals surface area (Å²) in [5.41, 5.74) is 2.05. The van der Waals surface area contributed by atoms with E-state index in [4.69, 9.17) is 14.3 Å². The van der Waals surface area contributed by atoms with Crippen molar-refractivity contribution in [3.8, 4) is 5.75 Å². The van der Waals surface area contributed by atoms with Crippen LogP contribution >= 0.6 is 0 Å². The van der Waals surface area contributed by atoms with Crippen molar-refractivity contribution in [2.75, 3.05) is 6.61 Å². The van der Waals surface area contributed by atoms with E-state index in [-0.39, 0.29) is 18.8 Å². The maximum atomic E-state index is 13.7. The van der Waals surface area contributed by atoms with Crippen LogP contribution in [0.5, 0.6) is 5.75 Å². The first-order valence-corrected chi connectivity index (χ1v) is 11.0. The van der Waals surface area contributed by atoms with Gasteiger partial charge >= 0.3 is 0 Å². The Morgan fingerprint density at radius 2 is 1.91 bits per heavy atom. The first kappa shape index (κ1) is 23.4. The zero-order valence-electron chi connectivity index (χ0n) is 18.5. The van der Waals surface area contributed by atoms with Gasteiger partial charge in [0.1, 0.15) is 41.8 Å². The predicted molar refractivity (Wildman–Crippen MR) is 124 cm³/mol. The molecule has 4 rings (SSSR count). The van der Waals surface area contributed by atoms with Crippen molar-refractivity contribution in [1.29, 1.82) is 0 Å². The summed E-state index contributed by atoms with van der Waals surface area (Å²) in [6, 6.07) is 11.3. The molecule has 0 amide bonds. The van der Waals surface area contributed by atoms with Gasteiger partial charge in [-0.3, -0.25) is 0 Å². The van der Waals surface area contributed by atoms with E-state index in [2.05, 4.69) is 14.5 Å². The fraction of sp³-hybridized carbons (Fsp3) is 0.231. The number of aliphatic hydroxyl groups is 1. The highest BCUT2D eigenvalue weighted by Gasteiger charge is 2.06. The smallest absolute Gasteiger partial charge is 0.218 e. The van der Waals surface area contributed by atoms with Crippen molar-refractivity contribution in [3.63, 3.8) is 0 Å². The summed E-state index contributed by atoms with van der Waals surface area (Å²) in [6.07, 6.45) is 10.6. The highest BCUT2D eigenvalue weighted by atomic mass is 19.1. The number of ether oxygens (including phenoxy) is 1. The van der Waals surface area contributed by atoms with Gasteiger partial charge in [-0.25, -0.2) is 18.7 Å². The lowest BCUT2D eigenvalue weighted by Gasteiger charge is -2.08. The predicted octanol–water partition coefficient (Wildman–Crippen LogP) is 5.07. The van der Waals surface area contributed by atoms with Gasteiger partial charge in [0, 0.05) is 43.1 Å². The summed E-state index contributed by atoms with van der Waals surface area (Å²) in [6.45, 7) is 1.18. The minimum Gasteiger partial charge on any atom is -0.487 e. The lowest BCUT2D eigenvalue weighted by Crippen LogP contribution is -2.06. The van der Waals surface area contributed by atoms with Gasteiger partial charge in [-0.05, 0) is 48.7 Å². The molecule has 2 heterocycles. The van der Waals surface area contributed by atoms with Crippen LogP contribution in [0, 0.1) is 11.6 Å². The molecule has 0 unspecified atom stereocenters. The van der Waals surface area contributed by atoms with E-state index in [1.54, 1.807) is 6.20 Å². The van der Waals surface area contributed by atoms with Gasteiger partial charge in [0.15, 0.2) is 0 Å². The molecule has 0 spiro atoms. The van der Waals surface area contributed by atoms with Gasteiger partial charge in [-0.1, -0.05) is 12.1 Å². The number of oxazole rings is 1. The van der Waals surface area contributed by atoms with Crippen LogP contribution in [0.3, 0.4) is 0 Å². The van der Waals surface area contributed by atoms with E-state index >= 15 is 0 Å². The molecule has 0 bridgehead atoms. The molecule has 4 aromatic rings. The van der Waals surface area contributed by atoms with Gasteiger partial charge in [0.2, 0.25) is 5.89 Å². The molecule has 1 N–H and O–H groups in total. The zero-order chi connectivity index (χ0) is 23.8. The largest absolute Gasteiger partial charge is 0.487 e. The topological polar surface area (TPSA) is 73.3 Å². The van der Waals surface area contributed by atoms with Crippen LogP contribution < -0.4 is 4.74 Å². The Labute approximate surface area is 196 Å². The average molecular weight is 466 g/mol. The molecule has 176 valence electrons. The van der Waals surface area contributed by atoms with Crippen LogP contribution in [0.1, 0.15) is 35.0 Å². The maximum absolute atomic E-state index is 13.7. The van der Waals surface area contributed by atoms with E-state index in [9.17, 15) is 8.78 Å². The highest BCUT2D eigenvalue weighted by Crippen LogP contribution is 2.17. The monoisotopic (exact) mass is 465 g/mol. The van der Waals surface area contributed by atoms with Gasteiger partial charge in [0.05, 0.1) is 6.61 Å². The molecule has 0 saturated carbocycles. The summed E-state index contributed by atoms with van der Waals surface area (Å²) in [5, 5.41) is 9.09.